The van der Waals surface area contributed by atoms with Gasteiger partial charge in [0.1, 0.15) is 0 Å². The van der Waals surface area contributed by atoms with E-state index in [9.17, 15) is 0 Å². The van der Waals surface area contributed by atoms with Gasteiger partial charge in [0.2, 0.25) is 0 Å². The normalized spacial score (nSPS) is 12.6. The Hall–Kier alpha value is -1.25. The molecule has 120 valence electrons. The second-order valence-electron chi connectivity index (χ2n) is 5.37. The van der Waals surface area contributed by atoms with Crippen molar-refractivity contribution in [1.29, 1.82) is 0 Å². The van der Waals surface area contributed by atoms with Gasteiger partial charge in [-0.25, -0.2) is 0 Å². The molecule has 0 aliphatic heterocycles. The molecule has 0 heterocycles. The molecule has 2 rings (SSSR count). The van der Waals surface area contributed by atoms with Crippen LogP contribution < -0.4 is 0 Å². The first-order chi connectivity index (χ1) is 11.3. The fourth-order valence-corrected chi connectivity index (χ4v) is 4.94. The van der Waals surface area contributed by atoms with Gasteiger partial charge in [0.15, 0.2) is 0 Å². The Labute approximate surface area is 152 Å². The van der Waals surface area contributed by atoms with Crippen molar-refractivity contribution in [3.63, 3.8) is 0 Å². The van der Waals surface area contributed by atoms with Gasteiger partial charge in [-0.1, -0.05) is 88.7 Å². The lowest BCUT2D eigenvalue weighted by atomic mass is 9.78. The largest absolute Gasteiger partial charge is 0.144 e. The summed E-state index contributed by atoms with van der Waals surface area (Å²) in [5.74, 6) is 1.32. The minimum atomic E-state index is -0.147. The van der Waals surface area contributed by atoms with Crippen LogP contribution in [0.15, 0.2) is 86.0 Å². The molecule has 0 bridgehead atoms. The first-order valence-electron chi connectivity index (χ1n) is 7.84. The lowest BCUT2D eigenvalue weighted by Gasteiger charge is -2.40. The van der Waals surface area contributed by atoms with Crippen LogP contribution in [0.25, 0.3) is 0 Å². The number of allylic oxidation sites excluding steroid dienone is 2. The zero-order valence-corrected chi connectivity index (χ0v) is 15.7. The lowest BCUT2D eigenvalue weighted by molar-refractivity contribution is 0.532. The molecule has 0 nitrogen and oxygen atoms in total. The van der Waals surface area contributed by atoms with E-state index in [1.54, 1.807) is 0 Å². The van der Waals surface area contributed by atoms with Crippen molar-refractivity contribution in [2.75, 3.05) is 11.1 Å². The van der Waals surface area contributed by atoms with Gasteiger partial charge in [-0.15, -0.1) is 24.9 Å². The van der Waals surface area contributed by atoms with Crippen molar-refractivity contribution in [2.24, 2.45) is 5.92 Å². The molecule has 0 fully saturated rings. The minimum absolute atomic E-state index is 0.147. The second-order valence-corrected chi connectivity index (χ2v) is 7.51. The number of halogens is 1. The molecule has 2 aromatic rings. The molecule has 0 amide bonds. The van der Waals surface area contributed by atoms with Gasteiger partial charge in [-0.3, -0.25) is 0 Å². The summed E-state index contributed by atoms with van der Waals surface area (Å²) in [6.07, 6.45) is 4.99. The average molecular weight is 387 g/mol. The zero-order chi connectivity index (χ0) is 16.5. The molecule has 0 aromatic heterocycles. The molecule has 1 atom stereocenters. The van der Waals surface area contributed by atoms with Crippen LogP contribution in [-0.4, -0.2) is 11.1 Å². The molecule has 0 saturated heterocycles. The van der Waals surface area contributed by atoms with Crippen LogP contribution in [-0.2, 0) is 4.75 Å². The predicted molar refractivity (Wildman–Crippen MR) is 108 cm³/mol. The summed E-state index contributed by atoms with van der Waals surface area (Å²) < 4.78 is -0.147. The van der Waals surface area contributed by atoms with Crippen LogP contribution in [0.3, 0.4) is 0 Å². The maximum atomic E-state index is 4.13. The maximum absolute atomic E-state index is 4.13. The van der Waals surface area contributed by atoms with Gasteiger partial charge in [0.05, 0.1) is 4.75 Å². The van der Waals surface area contributed by atoms with Gasteiger partial charge in [-0.05, 0) is 17.5 Å². The smallest absolute Gasteiger partial charge is 0.0722 e. The third-order valence-corrected chi connectivity index (χ3v) is 6.60. The summed E-state index contributed by atoms with van der Waals surface area (Å²) in [5.41, 5.74) is 2.65. The van der Waals surface area contributed by atoms with Crippen molar-refractivity contribution in [3.8, 4) is 0 Å². The number of hydrogen-bond donors (Lipinski definition) is 0. The minimum Gasteiger partial charge on any atom is -0.144 e. The van der Waals surface area contributed by atoms with E-state index in [2.05, 4.69) is 95.8 Å². The van der Waals surface area contributed by atoms with Crippen molar-refractivity contribution in [2.45, 2.75) is 11.2 Å². The van der Waals surface area contributed by atoms with Gasteiger partial charge in [0.25, 0.3) is 0 Å². The summed E-state index contributed by atoms with van der Waals surface area (Å²) in [6, 6.07) is 21.6. The fraction of sp³-hybridized carbons (Fsp3) is 0.238. The summed E-state index contributed by atoms with van der Waals surface area (Å²) in [4.78, 5) is 0. The molecule has 1 unspecified atom stereocenters. The maximum Gasteiger partial charge on any atom is 0.0722 e. The SMILES string of the molecule is C=CCC(C=C)C(SCCBr)(c1ccccc1)c1ccccc1. The van der Waals surface area contributed by atoms with Gasteiger partial charge >= 0.3 is 0 Å². The first-order valence-corrected chi connectivity index (χ1v) is 9.94. The van der Waals surface area contributed by atoms with E-state index in [0.29, 0.717) is 0 Å². The van der Waals surface area contributed by atoms with Gasteiger partial charge < -0.3 is 0 Å². The topological polar surface area (TPSA) is 0 Å². The first kappa shape index (κ1) is 18.1. The monoisotopic (exact) mass is 386 g/mol. The molecule has 2 heteroatoms. The third-order valence-electron chi connectivity index (χ3n) is 4.04. The highest BCUT2D eigenvalue weighted by molar-refractivity contribution is 9.09. The second kappa shape index (κ2) is 9.14. The Kier molecular flexibility index (Phi) is 7.19. The fourth-order valence-electron chi connectivity index (χ4n) is 3.05. The number of alkyl halides is 1. The molecule has 0 aliphatic carbocycles. The molecular formula is C21H23BrS. The zero-order valence-electron chi connectivity index (χ0n) is 13.3. The summed E-state index contributed by atoms with van der Waals surface area (Å²) in [7, 11) is 0. The summed E-state index contributed by atoms with van der Waals surface area (Å²) in [6.45, 7) is 8.10. The van der Waals surface area contributed by atoms with Crippen LogP contribution in [0.5, 0.6) is 0 Å². The van der Waals surface area contributed by atoms with E-state index in [1.165, 1.54) is 11.1 Å². The van der Waals surface area contributed by atoms with Crippen LogP contribution in [0, 0.1) is 5.92 Å². The molecule has 0 saturated carbocycles. The van der Waals surface area contributed by atoms with Crippen LogP contribution in [0.2, 0.25) is 0 Å². The summed E-state index contributed by atoms with van der Waals surface area (Å²) >= 11 is 5.57. The Morgan fingerprint density at radius 2 is 1.48 bits per heavy atom. The Morgan fingerprint density at radius 3 is 1.87 bits per heavy atom. The number of thioether (sulfide) groups is 1. The quantitative estimate of drug-likeness (QED) is 0.353. The molecule has 23 heavy (non-hydrogen) atoms. The molecule has 2 aromatic carbocycles. The highest BCUT2D eigenvalue weighted by atomic mass is 79.9. The Morgan fingerprint density at radius 1 is 0.957 bits per heavy atom. The van der Waals surface area contributed by atoms with Crippen LogP contribution >= 0.6 is 27.7 Å². The van der Waals surface area contributed by atoms with Crippen molar-refractivity contribution >= 4 is 27.7 Å². The highest BCUT2D eigenvalue weighted by Gasteiger charge is 2.40. The highest BCUT2D eigenvalue weighted by Crippen LogP contribution is 2.50. The molecule has 0 radical (unpaired) electrons. The van der Waals surface area contributed by atoms with Crippen molar-refractivity contribution in [3.05, 3.63) is 97.1 Å². The average Bonchev–Trinajstić information content (AvgIpc) is 2.63. The lowest BCUT2D eigenvalue weighted by Crippen LogP contribution is -2.33. The van der Waals surface area contributed by atoms with Crippen molar-refractivity contribution in [1.82, 2.24) is 0 Å². The van der Waals surface area contributed by atoms with E-state index >= 15 is 0 Å². The van der Waals surface area contributed by atoms with Gasteiger partial charge in [0, 0.05) is 17.0 Å². The molecular weight excluding hydrogens is 364 g/mol. The van der Waals surface area contributed by atoms with E-state index in [4.69, 9.17) is 0 Å². The van der Waals surface area contributed by atoms with E-state index in [1.807, 2.05) is 17.8 Å². The number of benzene rings is 2. The molecule has 0 spiro atoms. The summed E-state index contributed by atoms with van der Waals surface area (Å²) in [5, 5.41) is 0.969. The standard InChI is InChI=1S/C21H23BrS/c1-3-11-18(4-2)21(23-17-16-22,19-12-7-5-8-13-19)20-14-9-6-10-15-20/h3-10,12-15,18H,1-2,11,16-17H2. The van der Waals surface area contributed by atoms with E-state index in [-0.39, 0.29) is 10.7 Å². The molecule has 0 N–H and O–H groups in total. The van der Waals surface area contributed by atoms with E-state index in [0.717, 1.165) is 17.5 Å². The van der Waals surface area contributed by atoms with Crippen LogP contribution in [0.1, 0.15) is 17.5 Å². The van der Waals surface area contributed by atoms with Crippen LogP contribution in [0.4, 0.5) is 0 Å². The number of hydrogen-bond acceptors (Lipinski definition) is 1. The predicted octanol–water partition coefficient (Wildman–Crippen LogP) is 6.44. The van der Waals surface area contributed by atoms with Crippen molar-refractivity contribution < 1.29 is 0 Å². The molecule has 0 aliphatic rings. The van der Waals surface area contributed by atoms with E-state index < -0.39 is 0 Å². The number of rotatable bonds is 9. The Balaban J connectivity index is 2.67. The van der Waals surface area contributed by atoms with Gasteiger partial charge in [-0.2, -0.15) is 0 Å². The third kappa shape index (κ3) is 3.99. The Bertz CT molecular complexity index is 567.